The van der Waals surface area contributed by atoms with Crippen LogP contribution in [0.25, 0.3) is 0 Å². The van der Waals surface area contributed by atoms with E-state index >= 15 is 0 Å². The van der Waals surface area contributed by atoms with Gasteiger partial charge in [0.2, 0.25) is 0 Å². The van der Waals surface area contributed by atoms with E-state index in [1.54, 1.807) is 42.1 Å². The Kier molecular flexibility index (Phi) is 4.92. The lowest BCUT2D eigenvalue weighted by Crippen LogP contribution is -2.47. The first kappa shape index (κ1) is 16.9. The van der Waals surface area contributed by atoms with Crippen molar-refractivity contribution >= 4 is 29.0 Å². The molecular weight excluding hydrogens is 332 g/mol. The van der Waals surface area contributed by atoms with Crippen LogP contribution in [-0.2, 0) is 0 Å². The number of anilines is 2. The van der Waals surface area contributed by atoms with Crippen LogP contribution in [0.1, 0.15) is 22.3 Å². The summed E-state index contributed by atoms with van der Waals surface area (Å²) in [7, 11) is 0. The smallest absolute Gasteiger partial charge is 0.252 e. The fourth-order valence-corrected chi connectivity index (χ4v) is 3.87. The molecule has 0 saturated carbocycles. The van der Waals surface area contributed by atoms with Crippen molar-refractivity contribution in [1.82, 2.24) is 5.32 Å². The average molecular weight is 348 g/mol. The van der Waals surface area contributed by atoms with Crippen LogP contribution in [0, 0.1) is 22.7 Å². The summed E-state index contributed by atoms with van der Waals surface area (Å²) in [6.07, 6.45) is 0.670. The van der Waals surface area contributed by atoms with Crippen molar-refractivity contribution in [1.29, 1.82) is 10.5 Å². The summed E-state index contributed by atoms with van der Waals surface area (Å²) in [5.74, 6) is 1.26. The van der Waals surface area contributed by atoms with Crippen molar-refractivity contribution in [3.63, 3.8) is 0 Å². The highest BCUT2D eigenvalue weighted by Gasteiger charge is 2.36. The molecule has 0 spiro atoms. The zero-order valence-electron chi connectivity index (χ0n) is 13.5. The minimum Gasteiger partial charge on any atom is -0.356 e. The lowest BCUT2D eigenvalue weighted by Gasteiger charge is -2.21. The van der Waals surface area contributed by atoms with E-state index in [1.807, 2.05) is 18.2 Å². The Hall–Kier alpha value is -2.96. The van der Waals surface area contributed by atoms with Gasteiger partial charge in [-0.1, -0.05) is 6.07 Å². The molecule has 1 unspecified atom stereocenters. The molecule has 1 amide bonds. The summed E-state index contributed by atoms with van der Waals surface area (Å²) < 4.78 is 0. The van der Waals surface area contributed by atoms with Crippen LogP contribution >= 0.6 is 11.8 Å². The van der Waals surface area contributed by atoms with Gasteiger partial charge in [-0.3, -0.25) is 4.79 Å². The standard InChI is InChI=1S/C19H16N4OS/c20-11-14-4-6-16(7-5-14)22-17-3-1-2-15(10-17)18(24)23-19(12-21)8-9-25-13-19/h1-7,10,22H,8-9,13H2,(H,23,24). The van der Waals surface area contributed by atoms with Crippen LogP contribution in [-0.4, -0.2) is 23.0 Å². The second-order valence-corrected chi connectivity index (χ2v) is 6.95. The van der Waals surface area contributed by atoms with E-state index in [1.165, 1.54) is 0 Å². The maximum atomic E-state index is 12.5. The minimum atomic E-state index is -0.766. The van der Waals surface area contributed by atoms with Gasteiger partial charge in [0.15, 0.2) is 0 Å². The molecule has 6 heteroatoms. The molecule has 2 aromatic carbocycles. The van der Waals surface area contributed by atoms with Gasteiger partial charge in [0, 0.05) is 22.7 Å². The fraction of sp³-hybridized carbons (Fsp3) is 0.211. The molecule has 5 nitrogen and oxygen atoms in total. The number of carbonyl (C=O) groups excluding carboxylic acids is 1. The van der Waals surface area contributed by atoms with E-state index in [4.69, 9.17) is 5.26 Å². The van der Waals surface area contributed by atoms with Crippen LogP contribution in [0.5, 0.6) is 0 Å². The third-order valence-electron chi connectivity index (χ3n) is 4.02. The topological polar surface area (TPSA) is 88.7 Å². The van der Waals surface area contributed by atoms with Crippen molar-refractivity contribution in [2.45, 2.75) is 12.0 Å². The van der Waals surface area contributed by atoms with Gasteiger partial charge >= 0.3 is 0 Å². The molecule has 1 saturated heterocycles. The normalized spacial score (nSPS) is 18.8. The van der Waals surface area contributed by atoms with Gasteiger partial charge in [-0.05, 0) is 54.6 Å². The molecule has 0 bridgehead atoms. The molecular formula is C19H16N4OS. The van der Waals surface area contributed by atoms with Crippen molar-refractivity contribution in [3.8, 4) is 12.1 Å². The molecule has 0 aromatic heterocycles. The van der Waals surface area contributed by atoms with E-state index in [9.17, 15) is 10.1 Å². The number of hydrogen-bond acceptors (Lipinski definition) is 5. The number of hydrogen-bond donors (Lipinski definition) is 2. The monoisotopic (exact) mass is 348 g/mol. The molecule has 25 heavy (non-hydrogen) atoms. The predicted molar refractivity (Wildman–Crippen MR) is 98.6 cm³/mol. The van der Waals surface area contributed by atoms with Gasteiger partial charge in [-0.15, -0.1) is 0 Å². The van der Waals surface area contributed by atoms with Gasteiger partial charge in [0.25, 0.3) is 5.91 Å². The Morgan fingerprint density at radius 2 is 1.92 bits per heavy atom. The summed E-state index contributed by atoms with van der Waals surface area (Å²) in [6.45, 7) is 0. The molecule has 1 atom stereocenters. The van der Waals surface area contributed by atoms with Crippen LogP contribution in [0.3, 0.4) is 0 Å². The molecule has 2 aromatic rings. The molecule has 1 aliphatic rings. The predicted octanol–water partition coefficient (Wildman–Crippen LogP) is 3.43. The fourth-order valence-electron chi connectivity index (χ4n) is 2.60. The van der Waals surface area contributed by atoms with Gasteiger partial charge in [-0.2, -0.15) is 22.3 Å². The van der Waals surface area contributed by atoms with Gasteiger partial charge in [-0.25, -0.2) is 0 Å². The van der Waals surface area contributed by atoms with E-state index in [0.29, 0.717) is 23.3 Å². The number of benzene rings is 2. The SMILES string of the molecule is N#Cc1ccc(Nc2cccc(C(=O)NC3(C#N)CCSC3)c2)cc1. The molecule has 1 aliphatic heterocycles. The minimum absolute atomic E-state index is 0.243. The number of thioether (sulfide) groups is 1. The van der Waals surface area contributed by atoms with Crippen LogP contribution < -0.4 is 10.6 Å². The lowest BCUT2D eigenvalue weighted by atomic mass is 10.0. The highest BCUT2D eigenvalue weighted by atomic mass is 32.2. The molecule has 1 fully saturated rings. The zero-order valence-corrected chi connectivity index (χ0v) is 14.3. The Morgan fingerprint density at radius 1 is 1.12 bits per heavy atom. The molecule has 0 radical (unpaired) electrons. The van der Waals surface area contributed by atoms with E-state index in [-0.39, 0.29) is 5.91 Å². The number of nitriles is 2. The van der Waals surface area contributed by atoms with Crippen LogP contribution in [0.15, 0.2) is 48.5 Å². The number of carbonyl (C=O) groups is 1. The molecule has 1 heterocycles. The number of amides is 1. The maximum absolute atomic E-state index is 12.5. The van der Waals surface area contributed by atoms with Crippen LogP contribution in [0.4, 0.5) is 11.4 Å². The quantitative estimate of drug-likeness (QED) is 0.883. The first-order chi connectivity index (χ1) is 12.1. The van der Waals surface area contributed by atoms with E-state index in [0.717, 1.165) is 17.1 Å². The van der Waals surface area contributed by atoms with Crippen molar-refractivity contribution in [2.24, 2.45) is 0 Å². The maximum Gasteiger partial charge on any atom is 0.252 e. The summed E-state index contributed by atoms with van der Waals surface area (Å²) in [4.78, 5) is 12.5. The van der Waals surface area contributed by atoms with Gasteiger partial charge < -0.3 is 10.6 Å². The summed E-state index contributed by atoms with van der Waals surface area (Å²) in [5.41, 5.74) is 1.93. The molecule has 3 rings (SSSR count). The second kappa shape index (κ2) is 7.29. The van der Waals surface area contributed by atoms with E-state index < -0.39 is 5.54 Å². The lowest BCUT2D eigenvalue weighted by molar-refractivity contribution is 0.0926. The largest absolute Gasteiger partial charge is 0.356 e. The number of nitrogens with zero attached hydrogens (tertiary/aromatic N) is 2. The molecule has 2 N–H and O–H groups in total. The third-order valence-corrected chi connectivity index (χ3v) is 5.21. The highest BCUT2D eigenvalue weighted by molar-refractivity contribution is 7.99. The summed E-state index contributed by atoms with van der Waals surface area (Å²) >= 11 is 1.68. The van der Waals surface area contributed by atoms with Crippen molar-refractivity contribution in [3.05, 3.63) is 59.7 Å². The van der Waals surface area contributed by atoms with E-state index in [2.05, 4.69) is 22.8 Å². The molecule has 124 valence electrons. The highest BCUT2D eigenvalue weighted by Crippen LogP contribution is 2.28. The second-order valence-electron chi connectivity index (χ2n) is 5.85. The van der Waals surface area contributed by atoms with Crippen molar-refractivity contribution < 1.29 is 4.79 Å². The van der Waals surface area contributed by atoms with Crippen LogP contribution in [0.2, 0.25) is 0 Å². The summed E-state index contributed by atoms with van der Waals surface area (Å²) in [6, 6.07) is 18.5. The molecule has 0 aliphatic carbocycles. The Balaban J connectivity index is 1.73. The van der Waals surface area contributed by atoms with Gasteiger partial charge in [0.1, 0.15) is 5.54 Å². The first-order valence-corrected chi connectivity index (χ1v) is 8.98. The van der Waals surface area contributed by atoms with Crippen molar-refractivity contribution in [2.75, 3.05) is 16.8 Å². The Labute approximate surface area is 150 Å². The Morgan fingerprint density at radius 3 is 2.56 bits per heavy atom. The first-order valence-electron chi connectivity index (χ1n) is 7.83. The average Bonchev–Trinajstić information content (AvgIpc) is 3.11. The zero-order chi connectivity index (χ0) is 17.7. The number of rotatable bonds is 4. The van der Waals surface area contributed by atoms with Gasteiger partial charge in [0.05, 0.1) is 17.7 Å². The number of nitrogens with one attached hydrogen (secondary N) is 2. The summed E-state index contributed by atoms with van der Waals surface area (Å²) in [5, 5.41) is 24.3. The third kappa shape index (κ3) is 3.93. The Bertz CT molecular complexity index is 858.